The van der Waals surface area contributed by atoms with E-state index in [1.807, 2.05) is 95.1 Å². The zero-order valence-electron chi connectivity index (χ0n) is 21.1. The monoisotopic (exact) mass is 504 g/mol. The zero-order chi connectivity index (χ0) is 25.7. The molecule has 0 aromatic heterocycles. The van der Waals surface area contributed by atoms with Crippen molar-refractivity contribution in [2.45, 2.75) is 20.3 Å². The summed E-state index contributed by atoms with van der Waals surface area (Å²) >= 11 is 0. The predicted molar refractivity (Wildman–Crippen MR) is 146 cm³/mol. The maximum absolute atomic E-state index is 15.2. The zero-order valence-corrected chi connectivity index (χ0v) is 22.0. The van der Waals surface area contributed by atoms with E-state index in [2.05, 4.69) is 6.58 Å². The average Bonchev–Trinajstić information content (AvgIpc) is 3.25. The molecule has 1 aliphatic heterocycles. The fourth-order valence-electron chi connectivity index (χ4n) is 4.75. The fourth-order valence-corrected chi connectivity index (χ4v) is 7.85. The Morgan fingerprint density at radius 1 is 0.972 bits per heavy atom. The van der Waals surface area contributed by atoms with Crippen molar-refractivity contribution in [2.75, 3.05) is 36.1 Å². The first-order valence-corrected chi connectivity index (χ1v) is 13.8. The number of rotatable bonds is 9. The van der Waals surface area contributed by atoms with Crippen molar-refractivity contribution in [1.29, 1.82) is 0 Å². The van der Waals surface area contributed by atoms with Crippen LogP contribution in [0.4, 0.5) is 11.4 Å². The number of ether oxygens (including phenoxy) is 2. The molecule has 0 N–H and O–H groups in total. The lowest BCUT2D eigenvalue weighted by Crippen LogP contribution is -2.28. The topological polar surface area (TPSA) is 59.1 Å². The SMILES string of the molecule is C=C(C(Cc1cc(C)cc(OC)c1)C(=O)OCC)P1(=O)N(c2ccccc2)CCN1c1ccccc1. The lowest BCUT2D eigenvalue weighted by molar-refractivity contribution is -0.146. The van der Waals surface area contributed by atoms with Crippen LogP contribution in [-0.2, 0) is 20.5 Å². The summed E-state index contributed by atoms with van der Waals surface area (Å²) in [5.74, 6) is -0.508. The minimum atomic E-state index is -3.49. The van der Waals surface area contributed by atoms with Crippen molar-refractivity contribution < 1.29 is 18.8 Å². The summed E-state index contributed by atoms with van der Waals surface area (Å²) in [5.41, 5.74) is 3.58. The smallest absolute Gasteiger partial charge is 0.314 e. The molecule has 1 atom stereocenters. The molecule has 0 amide bonds. The van der Waals surface area contributed by atoms with Gasteiger partial charge in [-0.05, 0) is 67.8 Å². The van der Waals surface area contributed by atoms with Crippen LogP contribution >= 0.6 is 7.44 Å². The molecular formula is C29H33N2O4P. The molecule has 188 valence electrons. The summed E-state index contributed by atoms with van der Waals surface area (Å²) in [4.78, 5) is 13.3. The van der Waals surface area contributed by atoms with Gasteiger partial charge in [-0.3, -0.25) is 9.36 Å². The first-order chi connectivity index (χ1) is 17.4. The summed E-state index contributed by atoms with van der Waals surface area (Å²) in [7, 11) is -1.87. The van der Waals surface area contributed by atoms with Gasteiger partial charge in [0.2, 0.25) is 0 Å². The number of carbonyl (C=O) groups excluding carboxylic acids is 1. The summed E-state index contributed by atoms with van der Waals surface area (Å²) in [6, 6.07) is 25.2. The van der Waals surface area contributed by atoms with Crippen molar-refractivity contribution in [3.8, 4) is 5.75 Å². The van der Waals surface area contributed by atoms with Crippen LogP contribution in [0.3, 0.4) is 0 Å². The minimum Gasteiger partial charge on any atom is -0.497 e. The third kappa shape index (κ3) is 5.05. The van der Waals surface area contributed by atoms with Gasteiger partial charge >= 0.3 is 5.97 Å². The maximum atomic E-state index is 15.2. The molecule has 0 spiro atoms. The number of carbonyl (C=O) groups is 1. The Morgan fingerprint density at radius 2 is 1.53 bits per heavy atom. The Labute approximate surface area is 213 Å². The molecule has 0 aliphatic carbocycles. The van der Waals surface area contributed by atoms with Gasteiger partial charge in [-0.1, -0.05) is 49.0 Å². The Bertz CT molecular complexity index is 1210. The molecule has 36 heavy (non-hydrogen) atoms. The van der Waals surface area contributed by atoms with Crippen LogP contribution in [-0.4, -0.2) is 32.8 Å². The van der Waals surface area contributed by atoms with E-state index in [9.17, 15) is 4.79 Å². The van der Waals surface area contributed by atoms with Gasteiger partial charge in [-0.25, -0.2) is 0 Å². The number of hydrogen-bond donors (Lipinski definition) is 0. The van der Waals surface area contributed by atoms with Gasteiger partial charge in [0.25, 0.3) is 7.44 Å². The molecule has 1 fully saturated rings. The molecule has 1 aliphatic rings. The Morgan fingerprint density at radius 3 is 2.03 bits per heavy atom. The van der Waals surface area contributed by atoms with E-state index < -0.39 is 19.3 Å². The van der Waals surface area contributed by atoms with E-state index >= 15 is 4.57 Å². The van der Waals surface area contributed by atoms with Crippen LogP contribution in [0.2, 0.25) is 0 Å². The van der Waals surface area contributed by atoms with Crippen molar-refractivity contribution in [2.24, 2.45) is 5.92 Å². The molecule has 7 heteroatoms. The summed E-state index contributed by atoms with van der Waals surface area (Å²) in [6.07, 6.45) is 0.310. The lowest BCUT2D eigenvalue weighted by Gasteiger charge is -2.36. The summed E-state index contributed by atoms with van der Waals surface area (Å²) < 4.78 is 30.0. The second kappa shape index (κ2) is 11.0. The quantitative estimate of drug-likeness (QED) is 0.246. The van der Waals surface area contributed by atoms with Crippen LogP contribution in [0.5, 0.6) is 5.75 Å². The van der Waals surface area contributed by atoms with E-state index in [-0.39, 0.29) is 6.61 Å². The van der Waals surface area contributed by atoms with Crippen LogP contribution in [0.1, 0.15) is 18.1 Å². The van der Waals surface area contributed by atoms with Gasteiger partial charge < -0.3 is 18.8 Å². The van der Waals surface area contributed by atoms with Crippen molar-refractivity contribution in [3.63, 3.8) is 0 Å². The molecule has 0 radical (unpaired) electrons. The molecular weight excluding hydrogens is 471 g/mol. The van der Waals surface area contributed by atoms with Crippen molar-refractivity contribution >= 4 is 24.8 Å². The number of methoxy groups -OCH3 is 1. The van der Waals surface area contributed by atoms with E-state index in [1.165, 1.54) is 0 Å². The van der Waals surface area contributed by atoms with Crippen LogP contribution < -0.4 is 14.1 Å². The predicted octanol–water partition coefficient (Wildman–Crippen LogP) is 6.46. The molecule has 1 unspecified atom stereocenters. The first-order valence-electron chi connectivity index (χ1n) is 12.1. The van der Waals surface area contributed by atoms with Gasteiger partial charge in [0.05, 0.1) is 19.6 Å². The number of para-hydroxylation sites is 2. The number of esters is 1. The van der Waals surface area contributed by atoms with Crippen LogP contribution in [0, 0.1) is 12.8 Å². The number of aryl methyl sites for hydroxylation is 1. The van der Waals surface area contributed by atoms with E-state index in [0.717, 1.165) is 22.5 Å². The molecule has 3 aromatic carbocycles. The minimum absolute atomic E-state index is 0.231. The van der Waals surface area contributed by atoms with E-state index in [4.69, 9.17) is 9.47 Å². The van der Waals surface area contributed by atoms with Crippen molar-refractivity contribution in [1.82, 2.24) is 0 Å². The second-order valence-corrected chi connectivity index (χ2v) is 11.4. The maximum Gasteiger partial charge on any atom is 0.314 e. The molecule has 0 bridgehead atoms. The van der Waals surface area contributed by atoms with Gasteiger partial charge in [0.1, 0.15) is 5.75 Å². The second-order valence-electron chi connectivity index (χ2n) is 8.82. The van der Waals surface area contributed by atoms with Gasteiger partial charge in [0, 0.05) is 29.8 Å². The Kier molecular flexibility index (Phi) is 7.85. The molecule has 3 aromatic rings. The lowest BCUT2D eigenvalue weighted by atomic mass is 9.97. The highest BCUT2D eigenvalue weighted by Crippen LogP contribution is 2.67. The standard InChI is InChI=1S/C29H33N2O4P/c1-5-35-29(32)28(21-24-18-22(2)19-27(20-24)34-4)23(3)36(33)30(25-12-8-6-9-13-25)16-17-31(36)26-14-10-7-11-15-26/h6-15,18-20,28H,3,5,16-17,21H2,1-2,4H3. The van der Waals surface area contributed by atoms with E-state index in [0.29, 0.717) is 30.6 Å². The average molecular weight is 505 g/mol. The van der Waals surface area contributed by atoms with Crippen molar-refractivity contribution in [3.05, 3.63) is 102 Å². The number of hydrogen-bond acceptors (Lipinski definition) is 4. The fraction of sp³-hybridized carbons (Fsp3) is 0.276. The molecule has 0 saturated carbocycles. The van der Waals surface area contributed by atoms with Gasteiger partial charge in [-0.15, -0.1) is 0 Å². The molecule has 6 nitrogen and oxygen atoms in total. The van der Waals surface area contributed by atoms with Gasteiger partial charge in [-0.2, -0.15) is 0 Å². The largest absolute Gasteiger partial charge is 0.497 e. The van der Waals surface area contributed by atoms with E-state index in [1.54, 1.807) is 14.0 Å². The number of benzene rings is 3. The first kappa shape index (κ1) is 25.6. The third-order valence-electron chi connectivity index (χ3n) is 6.42. The highest BCUT2D eigenvalue weighted by Gasteiger charge is 2.49. The summed E-state index contributed by atoms with van der Waals surface area (Å²) in [6.45, 7) is 9.42. The number of nitrogens with zero attached hydrogens (tertiary/aromatic N) is 2. The third-order valence-corrected chi connectivity index (χ3v) is 9.65. The Balaban J connectivity index is 1.80. The Hall–Kier alpha value is -3.50. The molecule has 1 heterocycles. The van der Waals surface area contributed by atoms with Crippen LogP contribution in [0.25, 0.3) is 0 Å². The molecule has 4 rings (SSSR count). The highest BCUT2D eigenvalue weighted by molar-refractivity contribution is 7.71. The molecule has 1 saturated heterocycles. The highest BCUT2D eigenvalue weighted by atomic mass is 31.2. The summed E-state index contributed by atoms with van der Waals surface area (Å²) in [5, 5.41) is 0.367. The number of anilines is 2. The van der Waals surface area contributed by atoms with Gasteiger partial charge in [0.15, 0.2) is 0 Å². The normalized spacial score (nSPS) is 15.4. The van der Waals surface area contributed by atoms with Crippen LogP contribution in [0.15, 0.2) is 90.8 Å².